The summed E-state index contributed by atoms with van der Waals surface area (Å²) in [4.78, 5) is 61.6. The summed E-state index contributed by atoms with van der Waals surface area (Å²) in [6.07, 6.45) is -5.14. The zero-order chi connectivity index (χ0) is 61.3. The molecular formula is C54H98N3O25P. The van der Waals surface area contributed by atoms with Crippen LogP contribution < -0.4 is 16.0 Å². The van der Waals surface area contributed by atoms with Gasteiger partial charge < -0.3 is 94.7 Å². The topological polar surface area (TPSA) is 402 Å². The molecule has 28 nitrogen and oxygen atoms in total. The van der Waals surface area contributed by atoms with E-state index in [4.69, 9.17) is 51.5 Å². The van der Waals surface area contributed by atoms with Crippen molar-refractivity contribution in [3.63, 3.8) is 0 Å². The Morgan fingerprint density at radius 1 is 0.578 bits per heavy atom. The number of hydrogen-bond acceptors (Lipinski definition) is 25. The quantitative estimate of drug-likeness (QED) is 0.0177. The van der Waals surface area contributed by atoms with Crippen molar-refractivity contribution in [2.24, 2.45) is 0 Å². The summed E-state index contributed by atoms with van der Waals surface area (Å²) < 4.78 is 74.4. The van der Waals surface area contributed by atoms with Crippen LogP contribution in [0.5, 0.6) is 0 Å². The van der Waals surface area contributed by atoms with E-state index in [0.717, 1.165) is 33.3 Å². The Balaban J connectivity index is 1.41. The van der Waals surface area contributed by atoms with E-state index in [2.05, 4.69) is 22.9 Å². The smallest absolute Gasteiger partial charge is 0.462 e. The molecule has 29 heteroatoms. The average molecular weight is 1220 g/mol. The molecule has 7 unspecified atom stereocenters. The third kappa shape index (κ3) is 27.7. The van der Waals surface area contributed by atoms with Crippen LogP contribution in [0.15, 0.2) is 0 Å². The number of unbranched alkanes of at least 4 members (excludes halogenated alkanes) is 15. The van der Waals surface area contributed by atoms with Gasteiger partial charge in [-0.3, -0.25) is 37.5 Å². The van der Waals surface area contributed by atoms with Crippen LogP contribution in [0.3, 0.4) is 0 Å². The van der Waals surface area contributed by atoms with Crippen molar-refractivity contribution < 1.29 is 121 Å². The monoisotopic (exact) mass is 1220 g/mol. The third-order valence-electron chi connectivity index (χ3n) is 14.3. The third-order valence-corrected chi connectivity index (χ3v) is 15.7. The van der Waals surface area contributed by atoms with Crippen molar-refractivity contribution in [1.82, 2.24) is 16.0 Å². The molecule has 0 saturated carbocycles. The molecule has 0 spiro atoms. The Hall–Kier alpha value is -3.10. The number of carbonyl (C=O) groups excluding carboxylic acids is 5. The van der Waals surface area contributed by atoms with Crippen LogP contribution in [0.4, 0.5) is 0 Å². The summed E-state index contributed by atoms with van der Waals surface area (Å²) in [5.74, 6) is -2.71. The number of amides is 3. The summed E-state index contributed by atoms with van der Waals surface area (Å²) in [5.41, 5.74) is 0. The molecular weight excluding hydrogens is 1120 g/mol. The molecule has 0 aliphatic carbocycles. The molecule has 17 atom stereocenters. The van der Waals surface area contributed by atoms with Gasteiger partial charge in [-0.05, 0) is 32.6 Å². The fourth-order valence-corrected chi connectivity index (χ4v) is 10.3. The molecule has 0 aromatic carbocycles. The maximum absolute atomic E-state index is 13.2. The number of nitrogens with one attached hydrogen (secondary N) is 3. The molecule has 83 heavy (non-hydrogen) atoms. The van der Waals surface area contributed by atoms with Crippen LogP contribution in [0.25, 0.3) is 0 Å². The van der Waals surface area contributed by atoms with Crippen molar-refractivity contribution in [3.8, 4) is 0 Å². The molecule has 3 rings (SSSR count). The van der Waals surface area contributed by atoms with E-state index in [1.165, 1.54) is 84.5 Å². The van der Waals surface area contributed by atoms with Gasteiger partial charge in [-0.2, -0.15) is 0 Å². The van der Waals surface area contributed by atoms with E-state index in [1.54, 1.807) is 0 Å². The maximum atomic E-state index is 13.2. The summed E-state index contributed by atoms with van der Waals surface area (Å²) >= 11 is 0. The lowest BCUT2D eigenvalue weighted by molar-refractivity contribution is -0.385. The first-order chi connectivity index (χ1) is 39.7. The van der Waals surface area contributed by atoms with Gasteiger partial charge in [0, 0.05) is 46.8 Å². The van der Waals surface area contributed by atoms with E-state index in [0.29, 0.717) is 12.8 Å². The number of rotatable bonds is 43. The molecule has 0 aromatic heterocycles. The number of hydrogen-bond donors (Lipinski definition) is 11. The first-order valence-electron chi connectivity index (χ1n) is 29.5. The maximum Gasteiger partial charge on any atom is 0.476 e. The zero-order valence-electron chi connectivity index (χ0n) is 49.0. The van der Waals surface area contributed by atoms with Crippen LogP contribution in [0.1, 0.15) is 163 Å². The van der Waals surface area contributed by atoms with Crippen LogP contribution in [-0.4, -0.2) is 222 Å². The Morgan fingerprint density at radius 2 is 1.12 bits per heavy atom. The van der Waals surface area contributed by atoms with Crippen molar-refractivity contribution in [3.05, 3.63) is 0 Å². The van der Waals surface area contributed by atoms with E-state index >= 15 is 0 Å². The van der Waals surface area contributed by atoms with Crippen LogP contribution in [0.2, 0.25) is 0 Å². The molecule has 0 aromatic rings. The van der Waals surface area contributed by atoms with E-state index in [9.17, 15) is 69.4 Å². The van der Waals surface area contributed by atoms with Crippen molar-refractivity contribution in [1.29, 1.82) is 0 Å². The van der Waals surface area contributed by atoms with Crippen LogP contribution in [-0.2, 0) is 80.0 Å². The van der Waals surface area contributed by atoms with Gasteiger partial charge in [0.05, 0.1) is 32.5 Å². The molecule has 484 valence electrons. The molecule has 3 fully saturated rings. The minimum atomic E-state index is -4.29. The van der Waals surface area contributed by atoms with Crippen molar-refractivity contribution in [2.45, 2.75) is 261 Å². The standard InChI is InChI=1S/C54H98N3O25P/c1-6-7-8-9-10-11-12-13-14-15-16-17-18-19-20-26-42(64)78-37(31-74-36(4)61)32-75-83(71,72-5)76-33-56-41(63)25-22-21-24-40(62)55-27-23-28-73-54-51(82-53-49(70)48(69)44(65)34(2)77-53)50(46(67)39(30-59)80-54)81-52-43(57-35(3)60)47(68)45(66)38(29-58)79-52/h34,37-39,43-54,58-59,65-70H,6-33H2,1-5H3,(H,55,62)(H,56,63)(H,57,60)/t34?,37-,38?,39?,43?,44-,45+,46+,47-,48+,49?,50+,51?,52-,53+,54-,83?/m1/s1. The molecule has 3 amide bonds. The van der Waals surface area contributed by atoms with Gasteiger partial charge in [0.15, 0.2) is 25.0 Å². The van der Waals surface area contributed by atoms with E-state index in [-0.39, 0.29) is 57.8 Å². The summed E-state index contributed by atoms with van der Waals surface area (Å²) in [7, 11) is -3.23. The van der Waals surface area contributed by atoms with Crippen LogP contribution in [0, 0.1) is 0 Å². The summed E-state index contributed by atoms with van der Waals surface area (Å²) in [6.45, 7) is 2.76. The predicted molar refractivity (Wildman–Crippen MR) is 292 cm³/mol. The van der Waals surface area contributed by atoms with Gasteiger partial charge in [0.1, 0.15) is 80.4 Å². The molecule has 3 saturated heterocycles. The highest BCUT2D eigenvalue weighted by molar-refractivity contribution is 7.48. The van der Waals surface area contributed by atoms with Gasteiger partial charge in [-0.25, -0.2) is 4.57 Å². The lowest BCUT2D eigenvalue weighted by Crippen LogP contribution is -2.68. The molecule has 11 N–H and O–H groups in total. The van der Waals surface area contributed by atoms with Gasteiger partial charge in [0.2, 0.25) is 17.7 Å². The minimum Gasteiger partial charge on any atom is -0.462 e. The minimum absolute atomic E-state index is 0.0287. The van der Waals surface area contributed by atoms with Gasteiger partial charge in [0.25, 0.3) is 0 Å². The largest absolute Gasteiger partial charge is 0.476 e. The van der Waals surface area contributed by atoms with Gasteiger partial charge in [-0.1, -0.05) is 96.8 Å². The Bertz CT molecular complexity index is 1900. The lowest BCUT2D eigenvalue weighted by atomic mass is 9.95. The number of aliphatic hydroxyl groups excluding tert-OH is 8. The average Bonchev–Trinajstić information content (AvgIpc) is 2.90. The van der Waals surface area contributed by atoms with Crippen LogP contribution >= 0.6 is 7.82 Å². The first-order valence-corrected chi connectivity index (χ1v) is 30.9. The summed E-state index contributed by atoms with van der Waals surface area (Å²) in [5, 5.41) is 92.2. The number of phosphoric acid groups is 1. The fourth-order valence-electron chi connectivity index (χ4n) is 9.47. The van der Waals surface area contributed by atoms with Crippen molar-refractivity contribution >= 4 is 37.5 Å². The Morgan fingerprint density at radius 3 is 1.69 bits per heavy atom. The number of aliphatic hydroxyl groups is 8. The molecule has 3 heterocycles. The molecule has 3 aliphatic heterocycles. The second-order valence-corrected chi connectivity index (χ2v) is 23.0. The first kappa shape index (κ1) is 74.2. The molecule has 3 aliphatic rings. The normalized spacial score (nSPS) is 29.3. The summed E-state index contributed by atoms with van der Waals surface area (Å²) in [6, 6.07) is -1.49. The molecule has 0 radical (unpaired) electrons. The highest BCUT2D eigenvalue weighted by Crippen LogP contribution is 2.48. The molecule has 0 bridgehead atoms. The van der Waals surface area contributed by atoms with Crippen molar-refractivity contribution in [2.75, 3.05) is 53.4 Å². The number of phosphoric ester groups is 1. The fraction of sp³-hybridized carbons (Fsp3) is 0.907. The Labute approximate surface area is 487 Å². The van der Waals surface area contributed by atoms with E-state index < -0.39 is 156 Å². The lowest BCUT2D eigenvalue weighted by Gasteiger charge is -2.49. The second-order valence-electron chi connectivity index (χ2n) is 21.2. The van der Waals surface area contributed by atoms with Gasteiger partial charge >= 0.3 is 19.8 Å². The number of carbonyl (C=O) groups is 5. The number of ether oxygens (including phenoxy) is 8. The highest BCUT2D eigenvalue weighted by atomic mass is 31.2. The highest BCUT2D eigenvalue weighted by Gasteiger charge is 2.54. The zero-order valence-corrected chi connectivity index (χ0v) is 49.9. The van der Waals surface area contributed by atoms with Gasteiger partial charge in [-0.15, -0.1) is 0 Å². The van der Waals surface area contributed by atoms with E-state index in [1.807, 2.05) is 0 Å². The second kappa shape index (κ2) is 41.1. The SMILES string of the molecule is CCCCCCCCCCCCCCCCCC(=O)O[C@H](COC(C)=O)COP(=O)(OC)OCNC(=O)CCCCC(=O)NCCCO[C@@H]1OC(CO)[C@H](O)[C@H](O[C@H]2OC(CO)[C@H](O)[C@H](O)C2NC(C)=O)C1O[C@@H]1OC(C)[C@@H](O)[C@H](O)C1O. The number of esters is 2. The Kier molecular flexibility index (Phi) is 36.7. The predicted octanol–water partition coefficient (Wildman–Crippen LogP) is 1.29.